The molecule has 128 valence electrons. The van der Waals surface area contributed by atoms with Gasteiger partial charge in [-0.1, -0.05) is 18.2 Å². The smallest absolute Gasteiger partial charge is 0.257 e. The molecule has 6 heteroatoms. The van der Waals surface area contributed by atoms with E-state index in [1.54, 1.807) is 24.4 Å². The number of carbonyl (C=O) groups excluding carboxylic acids is 1. The van der Waals surface area contributed by atoms with Crippen LogP contribution in [0.15, 0.2) is 48.7 Å². The maximum Gasteiger partial charge on any atom is 0.257 e. The van der Waals surface area contributed by atoms with E-state index in [1.807, 2.05) is 24.3 Å². The zero-order valence-corrected chi connectivity index (χ0v) is 14.2. The second kappa shape index (κ2) is 7.09. The molecule has 0 fully saturated rings. The van der Waals surface area contributed by atoms with Crippen molar-refractivity contribution in [3.8, 4) is 17.2 Å². The predicted octanol–water partition coefficient (Wildman–Crippen LogP) is 3.51. The van der Waals surface area contributed by atoms with Gasteiger partial charge >= 0.3 is 0 Å². The Morgan fingerprint density at radius 3 is 2.28 bits per heavy atom. The van der Waals surface area contributed by atoms with Gasteiger partial charge in [-0.2, -0.15) is 0 Å². The van der Waals surface area contributed by atoms with Crippen LogP contribution in [0.2, 0.25) is 0 Å². The second-order valence-electron chi connectivity index (χ2n) is 5.28. The highest BCUT2D eigenvalue weighted by Gasteiger charge is 2.15. The number of methoxy groups -OCH3 is 3. The van der Waals surface area contributed by atoms with Gasteiger partial charge < -0.3 is 19.5 Å². The number of ether oxygens (including phenoxy) is 3. The van der Waals surface area contributed by atoms with Crippen molar-refractivity contribution in [3.05, 3.63) is 54.2 Å². The quantitative estimate of drug-likeness (QED) is 0.771. The Bertz CT molecular complexity index is 899. The number of pyridine rings is 1. The van der Waals surface area contributed by atoms with Crippen molar-refractivity contribution in [2.75, 3.05) is 26.6 Å². The summed E-state index contributed by atoms with van der Waals surface area (Å²) in [6.07, 6.45) is 1.55. The number of anilines is 1. The van der Waals surface area contributed by atoms with E-state index < -0.39 is 0 Å². The molecule has 0 atom stereocenters. The van der Waals surface area contributed by atoms with Gasteiger partial charge in [-0.15, -0.1) is 0 Å². The summed E-state index contributed by atoms with van der Waals surface area (Å²) < 4.78 is 15.9. The first-order valence-electron chi connectivity index (χ1n) is 7.62. The number of fused-ring (bicyclic) bond motifs is 1. The van der Waals surface area contributed by atoms with Crippen LogP contribution in [0.5, 0.6) is 17.2 Å². The fourth-order valence-corrected chi connectivity index (χ4v) is 2.55. The highest BCUT2D eigenvalue weighted by Crippen LogP contribution is 2.40. The molecule has 0 saturated carbocycles. The number of benzene rings is 2. The lowest BCUT2D eigenvalue weighted by atomic mass is 10.1. The lowest BCUT2D eigenvalue weighted by Gasteiger charge is -2.14. The molecule has 0 radical (unpaired) electrons. The van der Waals surface area contributed by atoms with Crippen LogP contribution in [-0.2, 0) is 0 Å². The third kappa shape index (κ3) is 3.33. The third-order valence-electron chi connectivity index (χ3n) is 3.78. The number of carbonyl (C=O) groups is 1. The number of amides is 1. The van der Waals surface area contributed by atoms with Crippen LogP contribution in [0.1, 0.15) is 10.4 Å². The maximum absolute atomic E-state index is 12.5. The van der Waals surface area contributed by atoms with Crippen molar-refractivity contribution in [2.24, 2.45) is 0 Å². The van der Waals surface area contributed by atoms with E-state index in [0.717, 1.165) is 10.9 Å². The Morgan fingerprint density at radius 1 is 0.960 bits per heavy atom. The monoisotopic (exact) mass is 338 g/mol. The van der Waals surface area contributed by atoms with E-state index >= 15 is 0 Å². The standard InChI is InChI=1S/C19H18N2O4/c1-23-16-9-14(10-17(24-2)18(16)25-3)21-19(22)13-8-12-6-4-5-7-15(12)20-11-13/h4-11H,1-3H3,(H,21,22). The summed E-state index contributed by atoms with van der Waals surface area (Å²) in [6.45, 7) is 0. The lowest BCUT2D eigenvalue weighted by molar-refractivity contribution is 0.102. The van der Waals surface area contributed by atoms with Crippen molar-refractivity contribution in [2.45, 2.75) is 0 Å². The number of aromatic nitrogens is 1. The molecule has 0 aliphatic rings. The minimum Gasteiger partial charge on any atom is -0.493 e. The summed E-state index contributed by atoms with van der Waals surface area (Å²) in [7, 11) is 4.58. The molecule has 0 unspecified atom stereocenters. The first kappa shape index (κ1) is 16.6. The first-order chi connectivity index (χ1) is 12.2. The minimum atomic E-state index is -0.271. The normalized spacial score (nSPS) is 10.4. The highest BCUT2D eigenvalue weighted by molar-refractivity contribution is 6.06. The van der Waals surface area contributed by atoms with Crippen LogP contribution in [0.4, 0.5) is 5.69 Å². The van der Waals surface area contributed by atoms with Gasteiger partial charge in [0.15, 0.2) is 11.5 Å². The molecular formula is C19H18N2O4. The van der Waals surface area contributed by atoms with Crippen molar-refractivity contribution < 1.29 is 19.0 Å². The van der Waals surface area contributed by atoms with Crippen LogP contribution in [-0.4, -0.2) is 32.2 Å². The van der Waals surface area contributed by atoms with Crippen LogP contribution in [0, 0.1) is 0 Å². The summed E-state index contributed by atoms with van der Waals surface area (Å²) >= 11 is 0. The molecule has 3 rings (SSSR count). The Hall–Kier alpha value is -3.28. The number of para-hydroxylation sites is 1. The van der Waals surface area contributed by atoms with Gasteiger partial charge in [-0.05, 0) is 12.1 Å². The molecule has 0 spiro atoms. The molecule has 1 amide bonds. The molecule has 2 aromatic carbocycles. The van der Waals surface area contributed by atoms with Gasteiger partial charge in [0.1, 0.15) is 0 Å². The van der Waals surface area contributed by atoms with Gasteiger partial charge in [0, 0.05) is 29.4 Å². The van der Waals surface area contributed by atoms with Crippen LogP contribution >= 0.6 is 0 Å². The van der Waals surface area contributed by atoms with Gasteiger partial charge in [0.25, 0.3) is 5.91 Å². The fraction of sp³-hybridized carbons (Fsp3) is 0.158. The summed E-state index contributed by atoms with van der Waals surface area (Å²) in [5.41, 5.74) is 1.84. The van der Waals surface area contributed by atoms with E-state index in [2.05, 4.69) is 10.3 Å². The number of hydrogen-bond acceptors (Lipinski definition) is 5. The molecule has 1 N–H and O–H groups in total. The molecule has 6 nitrogen and oxygen atoms in total. The molecule has 1 aromatic heterocycles. The van der Waals surface area contributed by atoms with Gasteiger partial charge in [-0.25, -0.2) is 0 Å². The number of nitrogens with one attached hydrogen (secondary N) is 1. The minimum absolute atomic E-state index is 0.271. The lowest BCUT2D eigenvalue weighted by Crippen LogP contribution is -2.12. The molecule has 3 aromatic rings. The first-order valence-corrected chi connectivity index (χ1v) is 7.62. The van der Waals surface area contributed by atoms with E-state index in [4.69, 9.17) is 14.2 Å². The predicted molar refractivity (Wildman–Crippen MR) is 95.8 cm³/mol. The summed E-state index contributed by atoms with van der Waals surface area (Å²) in [4.78, 5) is 16.9. The topological polar surface area (TPSA) is 69.7 Å². The number of rotatable bonds is 5. The molecule has 25 heavy (non-hydrogen) atoms. The van der Waals surface area contributed by atoms with Crippen molar-refractivity contribution in [3.63, 3.8) is 0 Å². The maximum atomic E-state index is 12.5. The van der Waals surface area contributed by atoms with E-state index in [0.29, 0.717) is 28.5 Å². The number of nitrogens with zero attached hydrogens (tertiary/aromatic N) is 1. The van der Waals surface area contributed by atoms with E-state index in [-0.39, 0.29) is 5.91 Å². The van der Waals surface area contributed by atoms with Gasteiger partial charge in [0.2, 0.25) is 5.75 Å². The Labute approximate surface area is 145 Å². The average Bonchev–Trinajstić information content (AvgIpc) is 2.66. The van der Waals surface area contributed by atoms with Crippen LogP contribution < -0.4 is 19.5 Å². The van der Waals surface area contributed by atoms with Crippen molar-refractivity contribution in [1.82, 2.24) is 4.98 Å². The van der Waals surface area contributed by atoms with Gasteiger partial charge in [0.05, 0.1) is 32.4 Å². The molecule has 0 saturated heterocycles. The molecule has 0 aliphatic heterocycles. The summed E-state index contributed by atoms with van der Waals surface area (Å²) in [6, 6.07) is 12.8. The SMILES string of the molecule is COc1cc(NC(=O)c2cnc3ccccc3c2)cc(OC)c1OC. The average molecular weight is 338 g/mol. The second-order valence-corrected chi connectivity index (χ2v) is 5.28. The van der Waals surface area contributed by atoms with E-state index in [9.17, 15) is 4.79 Å². The molecule has 0 bridgehead atoms. The highest BCUT2D eigenvalue weighted by atomic mass is 16.5. The van der Waals surface area contributed by atoms with Crippen molar-refractivity contribution in [1.29, 1.82) is 0 Å². The Morgan fingerprint density at radius 2 is 1.64 bits per heavy atom. The van der Waals surface area contributed by atoms with E-state index in [1.165, 1.54) is 21.3 Å². The largest absolute Gasteiger partial charge is 0.493 e. The Kier molecular flexibility index (Phi) is 4.70. The summed E-state index contributed by atoms with van der Waals surface area (Å²) in [5.74, 6) is 1.13. The van der Waals surface area contributed by atoms with Gasteiger partial charge in [-0.3, -0.25) is 9.78 Å². The zero-order chi connectivity index (χ0) is 17.8. The number of hydrogen-bond donors (Lipinski definition) is 1. The Balaban J connectivity index is 1.91. The fourth-order valence-electron chi connectivity index (χ4n) is 2.55. The summed E-state index contributed by atoms with van der Waals surface area (Å²) in [5, 5.41) is 3.73. The van der Waals surface area contributed by atoms with Crippen LogP contribution in [0.25, 0.3) is 10.9 Å². The zero-order valence-electron chi connectivity index (χ0n) is 14.2. The van der Waals surface area contributed by atoms with Crippen LogP contribution in [0.3, 0.4) is 0 Å². The molecule has 0 aliphatic carbocycles. The molecule has 1 heterocycles. The van der Waals surface area contributed by atoms with Crippen molar-refractivity contribution >= 4 is 22.5 Å². The third-order valence-corrected chi connectivity index (χ3v) is 3.78. The molecular weight excluding hydrogens is 320 g/mol.